The summed E-state index contributed by atoms with van der Waals surface area (Å²) in [5.74, 6) is -3.29. The molecule has 3 N–H and O–H groups in total. The van der Waals surface area contributed by atoms with Gasteiger partial charge in [-0.3, -0.25) is 24.1 Å². The summed E-state index contributed by atoms with van der Waals surface area (Å²) in [5, 5.41) is 8.15. The highest BCUT2D eigenvalue weighted by Gasteiger charge is 2.39. The summed E-state index contributed by atoms with van der Waals surface area (Å²) in [7, 11) is 1.25. The summed E-state index contributed by atoms with van der Waals surface area (Å²) in [6.07, 6.45) is 5.94. The summed E-state index contributed by atoms with van der Waals surface area (Å²) in [4.78, 5) is 92.7. The fraction of sp³-hybridized carbons (Fsp3) is 0.719. The van der Waals surface area contributed by atoms with Crippen molar-refractivity contribution in [1.29, 1.82) is 0 Å². The van der Waals surface area contributed by atoms with Crippen LogP contribution in [-0.4, -0.2) is 102 Å². The van der Waals surface area contributed by atoms with Crippen LogP contribution in [0.3, 0.4) is 0 Å². The topological polar surface area (TPSA) is 181 Å². The van der Waals surface area contributed by atoms with Gasteiger partial charge in [-0.15, -0.1) is 0 Å². The predicted octanol–water partition coefficient (Wildman–Crippen LogP) is 1.81. The van der Waals surface area contributed by atoms with Gasteiger partial charge in [0.1, 0.15) is 24.2 Å². The molecule has 2 aliphatic rings. The van der Waals surface area contributed by atoms with Crippen molar-refractivity contribution in [3.8, 4) is 0 Å². The van der Waals surface area contributed by atoms with Gasteiger partial charge in [0, 0.05) is 25.6 Å². The Morgan fingerprint density at radius 2 is 1.67 bits per heavy atom. The van der Waals surface area contributed by atoms with Crippen LogP contribution < -0.4 is 16.0 Å². The van der Waals surface area contributed by atoms with E-state index in [2.05, 4.69) is 16.0 Å². The number of nitrogens with one attached hydrogen (secondary N) is 3. The molecule has 0 aromatic heterocycles. The Balaban J connectivity index is 2.23. The molecule has 14 nitrogen and oxygen atoms in total. The van der Waals surface area contributed by atoms with Gasteiger partial charge in [0.05, 0.1) is 13.7 Å². The molecule has 1 unspecified atom stereocenters. The van der Waals surface area contributed by atoms with Crippen molar-refractivity contribution in [3.63, 3.8) is 0 Å². The molecule has 4 atom stereocenters. The first-order chi connectivity index (χ1) is 21.8. The molecule has 0 aromatic rings. The minimum atomic E-state index is -1.13. The van der Waals surface area contributed by atoms with E-state index >= 15 is 0 Å². The lowest BCUT2D eigenvalue weighted by Gasteiger charge is -2.38. The van der Waals surface area contributed by atoms with Gasteiger partial charge in [0.2, 0.25) is 23.6 Å². The SMILES string of the molecule is CCOC(=O)/C=C/CC[C@H](NC(=O)N1CCCC1=O)C(=O)NC(C(=O)N1CCCC[C@H]1C(=O)N[C@@H](CC(C)C)C(=O)OC)C(C)C. The van der Waals surface area contributed by atoms with E-state index in [1.807, 2.05) is 13.8 Å². The van der Waals surface area contributed by atoms with E-state index in [0.717, 1.165) is 4.90 Å². The maximum absolute atomic E-state index is 14.0. The van der Waals surface area contributed by atoms with Crippen molar-refractivity contribution in [1.82, 2.24) is 25.8 Å². The average Bonchev–Trinajstić information content (AvgIpc) is 3.45. The third-order valence-corrected chi connectivity index (χ3v) is 7.92. The predicted molar refractivity (Wildman–Crippen MR) is 168 cm³/mol. The molecule has 0 aliphatic carbocycles. The van der Waals surface area contributed by atoms with Crippen LogP contribution in [0.2, 0.25) is 0 Å². The minimum Gasteiger partial charge on any atom is -0.467 e. The van der Waals surface area contributed by atoms with Gasteiger partial charge >= 0.3 is 18.0 Å². The molecule has 2 heterocycles. The van der Waals surface area contributed by atoms with Crippen LogP contribution >= 0.6 is 0 Å². The number of piperidine rings is 1. The highest BCUT2D eigenvalue weighted by Crippen LogP contribution is 2.21. The van der Waals surface area contributed by atoms with Crippen LogP contribution in [-0.2, 0) is 38.2 Å². The lowest BCUT2D eigenvalue weighted by molar-refractivity contribution is -0.149. The number of urea groups is 1. The number of nitrogens with zero attached hydrogens (tertiary/aromatic N) is 2. The summed E-state index contributed by atoms with van der Waals surface area (Å²) < 4.78 is 9.75. The normalized spacial score (nSPS) is 18.7. The zero-order chi connectivity index (χ0) is 34.4. The first kappa shape index (κ1) is 38.2. The van der Waals surface area contributed by atoms with Gasteiger partial charge in [-0.2, -0.15) is 0 Å². The molecule has 258 valence electrons. The lowest BCUT2D eigenvalue weighted by Crippen LogP contribution is -2.61. The van der Waals surface area contributed by atoms with Gasteiger partial charge in [-0.1, -0.05) is 33.8 Å². The van der Waals surface area contributed by atoms with Crippen molar-refractivity contribution >= 4 is 41.6 Å². The van der Waals surface area contributed by atoms with Crippen molar-refractivity contribution in [3.05, 3.63) is 12.2 Å². The highest BCUT2D eigenvalue weighted by atomic mass is 16.5. The van der Waals surface area contributed by atoms with Gasteiger partial charge < -0.3 is 30.3 Å². The molecule has 14 heteroatoms. The van der Waals surface area contributed by atoms with E-state index in [1.165, 1.54) is 24.2 Å². The van der Waals surface area contributed by atoms with Crippen molar-refractivity contribution < 1.29 is 43.0 Å². The zero-order valence-electron chi connectivity index (χ0n) is 28.0. The Hall–Kier alpha value is -3.97. The highest BCUT2D eigenvalue weighted by molar-refractivity contribution is 5.99. The molecule has 2 rings (SSSR count). The third kappa shape index (κ3) is 11.4. The second kappa shape index (κ2) is 18.9. The van der Waals surface area contributed by atoms with Crippen LogP contribution in [0, 0.1) is 11.8 Å². The first-order valence-corrected chi connectivity index (χ1v) is 16.2. The Morgan fingerprint density at radius 3 is 2.26 bits per heavy atom. The number of ether oxygens (including phenoxy) is 2. The number of methoxy groups -OCH3 is 1. The maximum Gasteiger partial charge on any atom is 0.330 e. The van der Waals surface area contributed by atoms with Crippen molar-refractivity contribution in [2.75, 3.05) is 26.8 Å². The lowest BCUT2D eigenvalue weighted by atomic mass is 9.95. The zero-order valence-corrected chi connectivity index (χ0v) is 28.0. The van der Waals surface area contributed by atoms with Crippen LogP contribution in [0.15, 0.2) is 12.2 Å². The smallest absolute Gasteiger partial charge is 0.330 e. The number of allylic oxidation sites excluding steroid dienone is 1. The van der Waals surface area contributed by atoms with Gasteiger partial charge in [-0.05, 0) is 63.7 Å². The number of rotatable bonds is 15. The Bertz CT molecular complexity index is 1140. The standard InChI is InChI=1S/C32H51N5O9/c1-7-46-26(39)16-9-8-13-22(34-32(44)37-18-12-15-25(37)38)28(40)35-27(21(4)5)30(42)36-17-11-10-14-24(36)29(41)33-23(19-20(2)3)31(43)45-6/h9,16,20-24,27H,7-8,10-15,17-19H2,1-6H3,(H,33,41)(H,34,44)(H,35,40)/b16-9+/t22-,23-,24-,27?/m0/s1. The molecule has 0 aromatic carbocycles. The molecule has 0 radical (unpaired) electrons. The average molecular weight is 650 g/mol. The first-order valence-electron chi connectivity index (χ1n) is 16.2. The summed E-state index contributed by atoms with van der Waals surface area (Å²) in [5.41, 5.74) is 0. The molecule has 0 saturated carbocycles. The number of likely N-dealkylation sites (tertiary alicyclic amines) is 2. The Labute approximate surface area is 271 Å². The minimum absolute atomic E-state index is 0.0774. The Kier molecular flexibility index (Phi) is 15.7. The van der Waals surface area contributed by atoms with E-state index in [4.69, 9.17) is 9.47 Å². The van der Waals surface area contributed by atoms with E-state index < -0.39 is 59.9 Å². The molecule has 2 aliphatic heterocycles. The number of carbonyl (C=O) groups excluding carboxylic acids is 7. The third-order valence-electron chi connectivity index (χ3n) is 7.92. The fourth-order valence-corrected chi connectivity index (χ4v) is 5.50. The molecule has 2 saturated heterocycles. The number of imide groups is 1. The Morgan fingerprint density at radius 1 is 0.957 bits per heavy atom. The molecular weight excluding hydrogens is 598 g/mol. The van der Waals surface area contributed by atoms with Gasteiger partial charge in [-0.25, -0.2) is 14.4 Å². The summed E-state index contributed by atoms with van der Waals surface area (Å²) in [6, 6.07) is -4.57. The second-order valence-electron chi connectivity index (χ2n) is 12.4. The molecular formula is C32H51N5O9. The van der Waals surface area contributed by atoms with Gasteiger partial charge in [0.15, 0.2) is 0 Å². The summed E-state index contributed by atoms with van der Waals surface area (Å²) in [6.45, 7) is 9.78. The number of carbonyl (C=O) groups is 7. The molecule has 2 fully saturated rings. The summed E-state index contributed by atoms with van der Waals surface area (Å²) >= 11 is 0. The van der Waals surface area contributed by atoms with E-state index in [0.29, 0.717) is 38.6 Å². The quantitative estimate of drug-likeness (QED) is 0.176. The number of hydrogen-bond acceptors (Lipinski definition) is 9. The number of hydrogen-bond donors (Lipinski definition) is 3. The van der Waals surface area contributed by atoms with Crippen molar-refractivity contribution in [2.45, 2.75) is 110 Å². The number of esters is 2. The second-order valence-corrected chi connectivity index (χ2v) is 12.4. The van der Waals surface area contributed by atoms with Crippen LogP contribution in [0.1, 0.15) is 86.0 Å². The molecule has 0 spiro atoms. The molecule has 0 bridgehead atoms. The largest absolute Gasteiger partial charge is 0.467 e. The van der Waals surface area contributed by atoms with Gasteiger partial charge in [0.25, 0.3) is 0 Å². The van der Waals surface area contributed by atoms with E-state index in [1.54, 1.807) is 20.8 Å². The van der Waals surface area contributed by atoms with E-state index in [9.17, 15) is 33.6 Å². The monoisotopic (exact) mass is 649 g/mol. The van der Waals surface area contributed by atoms with Crippen LogP contribution in [0.5, 0.6) is 0 Å². The fourth-order valence-electron chi connectivity index (χ4n) is 5.50. The van der Waals surface area contributed by atoms with Crippen LogP contribution in [0.25, 0.3) is 0 Å². The molecule has 6 amide bonds. The van der Waals surface area contributed by atoms with Crippen LogP contribution in [0.4, 0.5) is 4.79 Å². The molecule has 46 heavy (non-hydrogen) atoms. The van der Waals surface area contributed by atoms with E-state index in [-0.39, 0.29) is 50.2 Å². The maximum atomic E-state index is 14.0. The van der Waals surface area contributed by atoms with Crippen molar-refractivity contribution in [2.24, 2.45) is 11.8 Å². The number of amides is 6.